The van der Waals surface area contributed by atoms with Crippen LogP contribution in [0.25, 0.3) is 0 Å². The van der Waals surface area contributed by atoms with Gasteiger partial charge in [0.25, 0.3) is 5.56 Å². The van der Waals surface area contributed by atoms with Gasteiger partial charge in [-0.05, 0) is 49.9 Å². The molecule has 2 aromatic rings. The highest BCUT2D eigenvalue weighted by atomic mass is 16.7. The molecule has 26 heavy (non-hydrogen) atoms. The van der Waals surface area contributed by atoms with Crippen molar-refractivity contribution in [3.8, 4) is 11.5 Å². The fourth-order valence-corrected chi connectivity index (χ4v) is 4.03. The predicted octanol–water partition coefficient (Wildman–Crippen LogP) is 2.48. The van der Waals surface area contributed by atoms with Crippen molar-refractivity contribution in [3.63, 3.8) is 0 Å². The molecule has 0 aliphatic carbocycles. The monoisotopic (exact) mass is 355 g/mol. The number of benzene rings is 1. The first-order valence-corrected chi connectivity index (χ1v) is 9.25. The van der Waals surface area contributed by atoms with Gasteiger partial charge < -0.3 is 19.4 Å². The Labute approximate surface area is 153 Å². The molecule has 0 spiro atoms. The van der Waals surface area contributed by atoms with Crippen molar-refractivity contribution in [1.82, 2.24) is 14.9 Å². The summed E-state index contributed by atoms with van der Waals surface area (Å²) in [5, 5.41) is 0. The van der Waals surface area contributed by atoms with Gasteiger partial charge in [-0.15, -0.1) is 0 Å². The summed E-state index contributed by atoms with van der Waals surface area (Å²) in [5.41, 5.74) is 2.16. The van der Waals surface area contributed by atoms with Crippen molar-refractivity contribution in [2.24, 2.45) is 5.92 Å². The van der Waals surface area contributed by atoms with Crippen molar-refractivity contribution < 1.29 is 9.47 Å². The first-order valence-electron chi connectivity index (χ1n) is 9.25. The van der Waals surface area contributed by atoms with Crippen LogP contribution in [0.15, 0.2) is 29.1 Å². The molecule has 4 rings (SSSR count). The second-order valence-corrected chi connectivity index (χ2v) is 7.50. The summed E-state index contributed by atoms with van der Waals surface area (Å²) in [6, 6.07) is 7.86. The molecule has 1 saturated heterocycles. The third-order valence-corrected chi connectivity index (χ3v) is 5.16. The summed E-state index contributed by atoms with van der Waals surface area (Å²) in [4.78, 5) is 21.4. The molecule has 1 aromatic carbocycles. The minimum absolute atomic E-state index is 0.0536. The number of nitrogens with zero attached hydrogens (tertiary/aromatic N) is 2. The van der Waals surface area contributed by atoms with Crippen molar-refractivity contribution in [3.05, 3.63) is 51.7 Å². The van der Waals surface area contributed by atoms with Crippen LogP contribution in [0.4, 0.5) is 0 Å². The number of H-pyrrole nitrogens is 1. The average molecular weight is 355 g/mol. The largest absolute Gasteiger partial charge is 0.454 e. The Kier molecular flexibility index (Phi) is 4.68. The van der Waals surface area contributed by atoms with E-state index in [1.165, 1.54) is 5.56 Å². The van der Waals surface area contributed by atoms with Gasteiger partial charge in [0, 0.05) is 25.1 Å². The molecular weight excluding hydrogens is 330 g/mol. The number of fused-ring (bicyclic) bond motifs is 1. The second kappa shape index (κ2) is 7.11. The van der Waals surface area contributed by atoms with Crippen LogP contribution >= 0.6 is 0 Å². The molecule has 2 unspecified atom stereocenters. The van der Waals surface area contributed by atoms with Gasteiger partial charge in [-0.2, -0.15) is 0 Å². The summed E-state index contributed by atoms with van der Waals surface area (Å²) in [7, 11) is 0. The molecule has 0 saturated carbocycles. The van der Waals surface area contributed by atoms with E-state index >= 15 is 0 Å². The fraction of sp³-hybridized carbons (Fsp3) is 0.500. The standard InChI is InChI=1S/C20H25N3O3/c1-13(7-15-3-4-18-19(8-15)26-12-25-18)10-23-6-5-16(11-23)17-9-20(24)22-14(2)21-17/h3-4,8-9,13,16H,5-7,10-12H2,1-2H3,(H,21,22,24). The van der Waals surface area contributed by atoms with E-state index in [4.69, 9.17) is 9.47 Å². The van der Waals surface area contributed by atoms with Gasteiger partial charge in [0.05, 0.1) is 5.69 Å². The van der Waals surface area contributed by atoms with Crippen LogP contribution in [0.2, 0.25) is 0 Å². The van der Waals surface area contributed by atoms with Crippen molar-refractivity contribution in [1.29, 1.82) is 0 Å². The summed E-state index contributed by atoms with van der Waals surface area (Å²) in [5.74, 6) is 3.29. The molecule has 1 aromatic heterocycles. The van der Waals surface area contributed by atoms with E-state index in [0.29, 0.717) is 24.5 Å². The lowest BCUT2D eigenvalue weighted by atomic mass is 10.00. The van der Waals surface area contributed by atoms with E-state index in [0.717, 1.165) is 49.7 Å². The first-order chi connectivity index (χ1) is 12.6. The van der Waals surface area contributed by atoms with Gasteiger partial charge in [-0.1, -0.05) is 13.0 Å². The molecule has 3 heterocycles. The molecule has 0 radical (unpaired) electrons. The molecule has 6 nitrogen and oxygen atoms in total. The highest BCUT2D eigenvalue weighted by Crippen LogP contribution is 2.33. The van der Waals surface area contributed by atoms with Crippen LogP contribution in [-0.4, -0.2) is 41.3 Å². The molecular formula is C20H25N3O3. The van der Waals surface area contributed by atoms with E-state index in [1.54, 1.807) is 6.07 Å². The maximum Gasteiger partial charge on any atom is 0.251 e. The lowest BCUT2D eigenvalue weighted by Gasteiger charge is -2.21. The lowest BCUT2D eigenvalue weighted by Crippen LogP contribution is -2.27. The molecule has 1 fully saturated rings. The SMILES string of the molecule is Cc1nc(C2CCN(CC(C)Cc3ccc4c(c3)OCO4)C2)cc(=O)[nH]1. The van der Waals surface area contributed by atoms with Crippen molar-refractivity contribution in [2.75, 3.05) is 26.4 Å². The second-order valence-electron chi connectivity index (χ2n) is 7.50. The Morgan fingerprint density at radius 1 is 1.31 bits per heavy atom. The maximum atomic E-state index is 11.7. The van der Waals surface area contributed by atoms with Crippen LogP contribution in [0, 0.1) is 12.8 Å². The Balaban J connectivity index is 1.34. The zero-order valence-electron chi connectivity index (χ0n) is 15.3. The third kappa shape index (κ3) is 3.75. The summed E-state index contributed by atoms with van der Waals surface area (Å²) in [6.45, 7) is 7.52. The number of aromatic amines is 1. The highest BCUT2D eigenvalue weighted by Gasteiger charge is 2.26. The zero-order valence-corrected chi connectivity index (χ0v) is 15.3. The minimum Gasteiger partial charge on any atom is -0.454 e. The zero-order chi connectivity index (χ0) is 18.1. The first kappa shape index (κ1) is 17.1. The molecule has 138 valence electrons. The Hall–Kier alpha value is -2.34. The minimum atomic E-state index is -0.0536. The number of hydrogen-bond acceptors (Lipinski definition) is 5. The third-order valence-electron chi connectivity index (χ3n) is 5.16. The fourth-order valence-electron chi connectivity index (χ4n) is 4.03. The topological polar surface area (TPSA) is 67.5 Å². The van der Waals surface area contributed by atoms with Crippen LogP contribution in [-0.2, 0) is 6.42 Å². The quantitative estimate of drug-likeness (QED) is 0.892. The highest BCUT2D eigenvalue weighted by molar-refractivity contribution is 5.44. The van der Waals surface area contributed by atoms with Gasteiger partial charge in [0.2, 0.25) is 6.79 Å². The van der Waals surface area contributed by atoms with Gasteiger partial charge in [0.1, 0.15) is 5.82 Å². The van der Waals surface area contributed by atoms with Gasteiger partial charge in [-0.25, -0.2) is 4.98 Å². The van der Waals surface area contributed by atoms with E-state index in [-0.39, 0.29) is 5.56 Å². The molecule has 0 bridgehead atoms. The molecule has 2 aliphatic heterocycles. The normalized spacial score (nSPS) is 20.5. The maximum absolute atomic E-state index is 11.7. The lowest BCUT2D eigenvalue weighted by molar-refractivity contribution is 0.174. The number of rotatable bonds is 5. The smallest absolute Gasteiger partial charge is 0.251 e. The molecule has 2 atom stereocenters. The average Bonchev–Trinajstić information content (AvgIpc) is 3.22. The van der Waals surface area contributed by atoms with Crippen LogP contribution in [0.1, 0.15) is 36.3 Å². The van der Waals surface area contributed by atoms with Gasteiger partial charge in [0.15, 0.2) is 11.5 Å². The van der Waals surface area contributed by atoms with E-state index in [9.17, 15) is 4.79 Å². The molecule has 2 aliphatic rings. The molecule has 6 heteroatoms. The Morgan fingerprint density at radius 2 is 2.15 bits per heavy atom. The van der Waals surface area contributed by atoms with E-state index in [1.807, 2.05) is 13.0 Å². The number of nitrogens with one attached hydrogen (secondary N) is 1. The summed E-state index contributed by atoms with van der Waals surface area (Å²) >= 11 is 0. The number of ether oxygens (including phenoxy) is 2. The number of hydrogen-bond donors (Lipinski definition) is 1. The predicted molar refractivity (Wildman–Crippen MR) is 98.8 cm³/mol. The number of likely N-dealkylation sites (tertiary alicyclic amines) is 1. The van der Waals surface area contributed by atoms with E-state index in [2.05, 4.69) is 33.9 Å². The Bertz CT molecular complexity index is 848. The van der Waals surface area contributed by atoms with Gasteiger partial charge >= 0.3 is 0 Å². The molecule has 0 amide bonds. The van der Waals surface area contributed by atoms with Crippen molar-refractivity contribution >= 4 is 0 Å². The van der Waals surface area contributed by atoms with Crippen LogP contribution < -0.4 is 15.0 Å². The molecule has 1 N–H and O–H groups in total. The number of aromatic nitrogens is 2. The van der Waals surface area contributed by atoms with Crippen LogP contribution in [0.3, 0.4) is 0 Å². The Morgan fingerprint density at radius 3 is 3.00 bits per heavy atom. The van der Waals surface area contributed by atoms with Crippen molar-refractivity contribution in [2.45, 2.75) is 32.6 Å². The van der Waals surface area contributed by atoms with Crippen LogP contribution in [0.5, 0.6) is 11.5 Å². The van der Waals surface area contributed by atoms with E-state index < -0.39 is 0 Å². The summed E-state index contributed by atoms with van der Waals surface area (Å²) in [6.07, 6.45) is 2.08. The number of aryl methyl sites for hydroxylation is 1. The van der Waals surface area contributed by atoms with Gasteiger partial charge in [-0.3, -0.25) is 4.79 Å². The summed E-state index contributed by atoms with van der Waals surface area (Å²) < 4.78 is 10.8.